The van der Waals surface area contributed by atoms with Gasteiger partial charge in [0.25, 0.3) is 10.0 Å². The molecule has 3 aromatic rings. The summed E-state index contributed by atoms with van der Waals surface area (Å²) >= 11 is 1.37. The number of aryl methyl sites for hydroxylation is 4. The highest BCUT2D eigenvalue weighted by Gasteiger charge is 2.25. The highest BCUT2D eigenvalue weighted by atomic mass is 32.2. The molecule has 0 fully saturated rings. The Morgan fingerprint density at radius 1 is 1.22 bits per heavy atom. The molecule has 0 atom stereocenters. The number of benzene rings is 1. The first-order chi connectivity index (χ1) is 10.8. The average Bonchev–Trinajstić information content (AvgIpc) is 2.94. The first-order valence-electron chi connectivity index (χ1n) is 7.16. The number of nitrogens with zero attached hydrogens (tertiary/aromatic N) is 3. The number of rotatable bonds is 4. The zero-order valence-electron chi connectivity index (χ0n) is 13.4. The third-order valence-corrected chi connectivity index (χ3v) is 5.96. The van der Waals surface area contributed by atoms with Gasteiger partial charge >= 0.3 is 0 Å². The molecule has 2 aromatic heterocycles. The third-order valence-electron chi connectivity index (χ3n) is 3.64. The Morgan fingerprint density at radius 3 is 2.70 bits per heavy atom. The van der Waals surface area contributed by atoms with Crippen LogP contribution in [0, 0.1) is 27.7 Å². The predicted octanol–water partition coefficient (Wildman–Crippen LogP) is 2.50. The van der Waals surface area contributed by atoms with Crippen molar-refractivity contribution in [2.75, 3.05) is 0 Å². The summed E-state index contributed by atoms with van der Waals surface area (Å²) in [6.45, 7) is 7.71. The molecule has 1 aromatic carbocycles. The Morgan fingerprint density at radius 2 is 1.96 bits per heavy atom. The molecule has 0 saturated carbocycles. The van der Waals surface area contributed by atoms with Crippen LogP contribution in [0.4, 0.5) is 0 Å². The van der Waals surface area contributed by atoms with Crippen molar-refractivity contribution in [1.29, 1.82) is 0 Å². The number of nitrogens with one attached hydrogen (secondary N) is 1. The maximum Gasteiger partial charge on any atom is 0.260 e. The maximum atomic E-state index is 12.7. The molecule has 1 N–H and O–H groups in total. The van der Waals surface area contributed by atoms with Crippen molar-refractivity contribution in [3.8, 4) is 0 Å². The summed E-state index contributed by atoms with van der Waals surface area (Å²) in [6, 6.07) is 5.99. The molecule has 0 spiro atoms. The van der Waals surface area contributed by atoms with Crippen LogP contribution in [0.15, 0.2) is 23.2 Å². The van der Waals surface area contributed by atoms with E-state index in [0.29, 0.717) is 10.7 Å². The van der Waals surface area contributed by atoms with Crippen LogP contribution >= 0.6 is 11.3 Å². The number of aromatic nitrogens is 3. The predicted molar refractivity (Wildman–Crippen MR) is 90.3 cm³/mol. The van der Waals surface area contributed by atoms with E-state index in [1.165, 1.54) is 15.9 Å². The van der Waals surface area contributed by atoms with E-state index in [4.69, 9.17) is 0 Å². The van der Waals surface area contributed by atoms with Gasteiger partial charge in [0.1, 0.15) is 5.01 Å². The summed E-state index contributed by atoms with van der Waals surface area (Å²) in [6.07, 6.45) is 0. The van der Waals surface area contributed by atoms with E-state index >= 15 is 0 Å². The third kappa shape index (κ3) is 3.01. The average molecular weight is 350 g/mol. The molecule has 2 heterocycles. The molecule has 23 heavy (non-hydrogen) atoms. The van der Waals surface area contributed by atoms with E-state index in [1.54, 1.807) is 6.92 Å². The van der Waals surface area contributed by atoms with E-state index in [2.05, 4.69) is 14.8 Å². The lowest BCUT2D eigenvalue weighted by Crippen LogP contribution is -2.25. The first-order valence-corrected chi connectivity index (χ1v) is 9.46. The largest absolute Gasteiger partial charge is 0.260 e. The lowest BCUT2D eigenvalue weighted by Gasteiger charge is -2.09. The van der Waals surface area contributed by atoms with Gasteiger partial charge in [0, 0.05) is 6.54 Å². The lowest BCUT2D eigenvalue weighted by molar-refractivity contribution is 0.572. The highest BCUT2D eigenvalue weighted by molar-refractivity contribution is 7.89. The van der Waals surface area contributed by atoms with Crippen molar-refractivity contribution >= 4 is 26.3 Å². The minimum Gasteiger partial charge on any atom is -0.221 e. The molecule has 0 aliphatic rings. The van der Waals surface area contributed by atoms with E-state index < -0.39 is 10.0 Å². The van der Waals surface area contributed by atoms with Crippen molar-refractivity contribution in [2.45, 2.75) is 39.3 Å². The molecule has 0 aliphatic heterocycles. The van der Waals surface area contributed by atoms with Gasteiger partial charge in [-0.1, -0.05) is 35.1 Å². The van der Waals surface area contributed by atoms with Gasteiger partial charge in [-0.15, -0.1) is 0 Å². The summed E-state index contributed by atoms with van der Waals surface area (Å²) in [7, 11) is -3.69. The molecule has 0 amide bonds. The Balaban J connectivity index is 1.94. The van der Waals surface area contributed by atoms with E-state index in [-0.39, 0.29) is 11.6 Å². The quantitative estimate of drug-likeness (QED) is 0.784. The highest BCUT2D eigenvalue weighted by Crippen LogP contribution is 2.22. The van der Waals surface area contributed by atoms with Crippen molar-refractivity contribution < 1.29 is 8.42 Å². The van der Waals surface area contributed by atoms with Crippen molar-refractivity contribution in [3.05, 3.63) is 45.6 Å². The van der Waals surface area contributed by atoms with Gasteiger partial charge in [0.2, 0.25) is 4.96 Å². The van der Waals surface area contributed by atoms with Gasteiger partial charge in [-0.25, -0.2) is 18.1 Å². The fraction of sp³-hybridized carbons (Fsp3) is 0.333. The number of imidazole rings is 1. The van der Waals surface area contributed by atoms with E-state index in [1.807, 2.05) is 39.0 Å². The molecule has 0 aliphatic carbocycles. The molecule has 0 bridgehead atoms. The van der Waals surface area contributed by atoms with Gasteiger partial charge < -0.3 is 0 Å². The zero-order valence-corrected chi connectivity index (χ0v) is 15.0. The van der Waals surface area contributed by atoms with Crippen LogP contribution in [0.1, 0.15) is 27.4 Å². The Hall–Kier alpha value is -1.77. The molecule has 8 heteroatoms. The molecule has 122 valence electrons. The topological polar surface area (TPSA) is 76.4 Å². The molecular weight excluding hydrogens is 332 g/mol. The summed E-state index contributed by atoms with van der Waals surface area (Å²) in [5.41, 5.74) is 3.57. The number of fused-ring (bicyclic) bond motifs is 1. The van der Waals surface area contributed by atoms with Crippen LogP contribution < -0.4 is 4.72 Å². The normalized spacial score (nSPS) is 12.2. The monoisotopic (exact) mass is 350 g/mol. The van der Waals surface area contributed by atoms with Crippen LogP contribution in [0.3, 0.4) is 0 Å². The molecular formula is C15H18N4O2S2. The zero-order chi connectivity index (χ0) is 16.8. The van der Waals surface area contributed by atoms with Crippen molar-refractivity contribution in [3.63, 3.8) is 0 Å². The van der Waals surface area contributed by atoms with Gasteiger partial charge in [-0.2, -0.15) is 9.61 Å². The lowest BCUT2D eigenvalue weighted by atomic mass is 10.1. The number of hydrogen-bond acceptors (Lipinski definition) is 5. The first kappa shape index (κ1) is 16.1. The smallest absolute Gasteiger partial charge is 0.221 e. The molecule has 0 radical (unpaired) electrons. The second-order valence-electron chi connectivity index (χ2n) is 5.57. The van der Waals surface area contributed by atoms with Crippen molar-refractivity contribution in [1.82, 2.24) is 19.3 Å². The van der Waals surface area contributed by atoms with Crippen LogP contribution in [0.25, 0.3) is 4.96 Å². The second kappa shape index (κ2) is 5.70. The van der Waals surface area contributed by atoms with Gasteiger partial charge in [0.15, 0.2) is 5.03 Å². The Bertz CT molecular complexity index is 986. The van der Waals surface area contributed by atoms with Crippen molar-refractivity contribution in [2.24, 2.45) is 0 Å². The molecule has 0 unspecified atom stereocenters. The SMILES string of the molecule is Cc1ccc(C)c(CNS(=O)(=O)c2c(C)nc3sc(C)nn23)c1. The summed E-state index contributed by atoms with van der Waals surface area (Å²) in [4.78, 5) is 4.88. The summed E-state index contributed by atoms with van der Waals surface area (Å²) < 4.78 is 29.5. The fourth-order valence-corrected chi connectivity index (χ4v) is 4.58. The Kier molecular flexibility index (Phi) is 3.99. The molecule has 0 saturated heterocycles. The van der Waals surface area contributed by atoms with Crippen LogP contribution in [-0.4, -0.2) is 23.0 Å². The summed E-state index contributed by atoms with van der Waals surface area (Å²) in [5, 5.41) is 5.13. The minimum absolute atomic E-state index is 0.113. The van der Waals surface area contributed by atoms with Crippen LogP contribution in [0.5, 0.6) is 0 Å². The van der Waals surface area contributed by atoms with E-state index in [9.17, 15) is 8.42 Å². The number of hydrogen-bond donors (Lipinski definition) is 1. The van der Waals surface area contributed by atoms with Crippen LogP contribution in [-0.2, 0) is 16.6 Å². The maximum absolute atomic E-state index is 12.7. The van der Waals surface area contributed by atoms with Gasteiger partial charge in [-0.3, -0.25) is 0 Å². The molecule has 6 nitrogen and oxygen atoms in total. The molecule has 3 rings (SSSR count). The Labute approximate surface area is 139 Å². The standard InChI is InChI=1S/C15H18N4O2S2/c1-9-5-6-10(2)13(7-9)8-16-23(20,21)14-11(3)17-15-19(14)18-12(4)22-15/h5-7,16H,8H2,1-4H3. The van der Waals surface area contributed by atoms with Crippen LogP contribution in [0.2, 0.25) is 0 Å². The van der Waals surface area contributed by atoms with Gasteiger partial charge in [-0.05, 0) is 38.8 Å². The minimum atomic E-state index is -3.69. The van der Waals surface area contributed by atoms with Gasteiger partial charge in [0.05, 0.1) is 5.69 Å². The fourth-order valence-electron chi connectivity index (χ4n) is 2.47. The summed E-state index contributed by atoms with van der Waals surface area (Å²) in [5.74, 6) is 0. The second-order valence-corrected chi connectivity index (χ2v) is 8.41. The number of sulfonamides is 1. The van der Waals surface area contributed by atoms with E-state index in [0.717, 1.165) is 21.7 Å².